The largest absolute Gasteiger partial charge is 0.345 e. The minimum atomic E-state index is -0.422. The van der Waals surface area contributed by atoms with E-state index in [1.54, 1.807) is 13.1 Å². The number of hydrogen-bond donors (Lipinski definition) is 1. The molecule has 0 saturated carbocycles. The summed E-state index contributed by atoms with van der Waals surface area (Å²) in [6.45, 7) is 3.40. The van der Waals surface area contributed by atoms with Gasteiger partial charge in [0.1, 0.15) is 6.04 Å². The quantitative estimate of drug-likeness (QED) is 0.864. The maximum Gasteiger partial charge on any atom is 0.244 e. The number of aryl methyl sites for hydroxylation is 1. The minimum Gasteiger partial charge on any atom is -0.345 e. The molecule has 1 N–H and O–H groups in total. The molecule has 21 heavy (non-hydrogen) atoms. The van der Waals surface area contributed by atoms with Gasteiger partial charge in [-0.1, -0.05) is 6.07 Å². The Labute approximate surface area is 125 Å². The fraction of sp³-hybridized carbons (Fsp3) is 0.562. The molecule has 1 saturated heterocycles. The second kappa shape index (κ2) is 7.76. The van der Waals surface area contributed by atoms with E-state index >= 15 is 0 Å². The van der Waals surface area contributed by atoms with Crippen molar-refractivity contribution < 1.29 is 9.59 Å². The molecule has 1 aromatic heterocycles. The zero-order valence-electron chi connectivity index (χ0n) is 12.5. The number of likely N-dealkylation sites (tertiary alicyclic amines) is 1. The summed E-state index contributed by atoms with van der Waals surface area (Å²) in [6.07, 6.45) is 7.72. The Kier molecular flexibility index (Phi) is 5.72. The van der Waals surface area contributed by atoms with Crippen LogP contribution < -0.4 is 5.32 Å². The Morgan fingerprint density at radius 3 is 2.81 bits per heavy atom. The highest BCUT2D eigenvalue weighted by Gasteiger charge is 2.23. The molecule has 1 atom stereocenters. The minimum absolute atomic E-state index is 0.0353. The molecule has 0 aromatic carbocycles. The molecule has 0 aliphatic carbocycles. The number of aromatic nitrogens is 1. The highest BCUT2D eigenvalue weighted by Crippen LogP contribution is 2.09. The number of carbonyl (C=O) groups excluding carboxylic acids is 2. The van der Waals surface area contributed by atoms with Crippen LogP contribution in [0, 0.1) is 0 Å². The van der Waals surface area contributed by atoms with Crippen LogP contribution in [0.2, 0.25) is 0 Å². The number of amides is 2. The summed E-state index contributed by atoms with van der Waals surface area (Å²) in [5.41, 5.74) is 1.13. The number of rotatable bonds is 6. The molecule has 5 heteroatoms. The van der Waals surface area contributed by atoms with Crippen molar-refractivity contribution in [2.75, 3.05) is 13.1 Å². The maximum atomic E-state index is 12.1. The second-order valence-electron chi connectivity index (χ2n) is 5.54. The molecule has 5 nitrogen and oxygen atoms in total. The molecule has 114 valence electrons. The van der Waals surface area contributed by atoms with E-state index in [0.29, 0.717) is 6.42 Å². The molecular weight excluding hydrogens is 266 g/mol. The zero-order valence-corrected chi connectivity index (χ0v) is 12.5. The van der Waals surface area contributed by atoms with E-state index < -0.39 is 6.04 Å². The number of nitrogens with one attached hydrogen (secondary N) is 1. The van der Waals surface area contributed by atoms with E-state index in [2.05, 4.69) is 10.3 Å². The lowest BCUT2D eigenvalue weighted by Crippen LogP contribution is -2.45. The Morgan fingerprint density at radius 2 is 2.14 bits per heavy atom. The van der Waals surface area contributed by atoms with Crippen molar-refractivity contribution in [3.8, 4) is 0 Å². The normalized spacial score (nSPS) is 15.8. The van der Waals surface area contributed by atoms with Gasteiger partial charge < -0.3 is 10.2 Å². The molecule has 1 aliphatic rings. The van der Waals surface area contributed by atoms with Crippen LogP contribution in [0.25, 0.3) is 0 Å². The summed E-state index contributed by atoms with van der Waals surface area (Å²) in [5, 5.41) is 2.80. The lowest BCUT2D eigenvalue weighted by atomic mass is 10.1. The Bertz CT molecular complexity index is 470. The van der Waals surface area contributed by atoms with Gasteiger partial charge in [0.2, 0.25) is 11.8 Å². The van der Waals surface area contributed by atoms with Gasteiger partial charge in [0.25, 0.3) is 0 Å². The fourth-order valence-corrected chi connectivity index (χ4v) is 2.59. The first-order valence-electron chi connectivity index (χ1n) is 7.64. The van der Waals surface area contributed by atoms with Crippen molar-refractivity contribution >= 4 is 11.8 Å². The fourth-order valence-electron chi connectivity index (χ4n) is 2.59. The molecule has 2 heterocycles. The van der Waals surface area contributed by atoms with E-state index in [4.69, 9.17) is 0 Å². The summed E-state index contributed by atoms with van der Waals surface area (Å²) in [5.74, 6) is -0.0213. The van der Waals surface area contributed by atoms with Gasteiger partial charge >= 0.3 is 0 Å². The van der Waals surface area contributed by atoms with Crippen LogP contribution in [0.5, 0.6) is 0 Å². The SMILES string of the molecule is CC(NC(=O)CCCc1cccnc1)C(=O)N1CCCC1. The first-order valence-corrected chi connectivity index (χ1v) is 7.64. The van der Waals surface area contributed by atoms with E-state index in [-0.39, 0.29) is 11.8 Å². The third-order valence-corrected chi connectivity index (χ3v) is 3.76. The van der Waals surface area contributed by atoms with Crippen molar-refractivity contribution in [3.63, 3.8) is 0 Å². The van der Waals surface area contributed by atoms with Crippen molar-refractivity contribution in [2.45, 2.75) is 45.1 Å². The number of nitrogens with zero attached hydrogens (tertiary/aromatic N) is 2. The average Bonchev–Trinajstić information content (AvgIpc) is 3.01. The standard InChI is InChI=1S/C16H23N3O2/c1-13(16(21)19-10-2-3-11-19)18-15(20)8-4-6-14-7-5-9-17-12-14/h5,7,9,12-13H,2-4,6,8,10-11H2,1H3,(H,18,20). The van der Waals surface area contributed by atoms with Crippen LogP contribution in [-0.4, -0.2) is 40.8 Å². The van der Waals surface area contributed by atoms with Crippen molar-refractivity contribution in [2.24, 2.45) is 0 Å². The molecule has 1 aliphatic heterocycles. The van der Waals surface area contributed by atoms with Crippen LogP contribution in [0.4, 0.5) is 0 Å². The van der Waals surface area contributed by atoms with E-state index in [0.717, 1.165) is 44.3 Å². The first-order chi connectivity index (χ1) is 10.2. The molecule has 2 amide bonds. The van der Waals surface area contributed by atoms with Gasteiger partial charge in [-0.15, -0.1) is 0 Å². The number of pyridine rings is 1. The molecule has 1 aromatic rings. The highest BCUT2D eigenvalue weighted by molar-refractivity contribution is 5.87. The highest BCUT2D eigenvalue weighted by atomic mass is 16.2. The Balaban J connectivity index is 1.67. The molecule has 1 unspecified atom stereocenters. The van der Waals surface area contributed by atoms with Gasteiger partial charge in [-0.05, 0) is 44.2 Å². The molecule has 0 spiro atoms. The van der Waals surface area contributed by atoms with Crippen LogP contribution in [0.1, 0.15) is 38.2 Å². The van der Waals surface area contributed by atoms with Gasteiger partial charge in [0, 0.05) is 31.9 Å². The monoisotopic (exact) mass is 289 g/mol. The Morgan fingerprint density at radius 1 is 1.38 bits per heavy atom. The molecular formula is C16H23N3O2. The smallest absolute Gasteiger partial charge is 0.244 e. The summed E-state index contributed by atoms with van der Waals surface area (Å²) < 4.78 is 0. The van der Waals surface area contributed by atoms with Gasteiger partial charge in [0.15, 0.2) is 0 Å². The van der Waals surface area contributed by atoms with Gasteiger partial charge in [-0.2, -0.15) is 0 Å². The Hall–Kier alpha value is -1.91. The van der Waals surface area contributed by atoms with E-state index in [9.17, 15) is 9.59 Å². The van der Waals surface area contributed by atoms with Crippen LogP contribution in [-0.2, 0) is 16.0 Å². The third-order valence-electron chi connectivity index (χ3n) is 3.76. The molecule has 0 bridgehead atoms. The van der Waals surface area contributed by atoms with Crippen molar-refractivity contribution in [3.05, 3.63) is 30.1 Å². The van der Waals surface area contributed by atoms with Crippen LogP contribution in [0.3, 0.4) is 0 Å². The number of carbonyl (C=O) groups is 2. The topological polar surface area (TPSA) is 62.3 Å². The van der Waals surface area contributed by atoms with Crippen LogP contribution >= 0.6 is 0 Å². The van der Waals surface area contributed by atoms with Gasteiger partial charge in [-0.25, -0.2) is 0 Å². The van der Waals surface area contributed by atoms with E-state index in [1.807, 2.05) is 23.2 Å². The third kappa shape index (κ3) is 4.85. The van der Waals surface area contributed by atoms with Gasteiger partial charge in [0.05, 0.1) is 0 Å². The van der Waals surface area contributed by atoms with Crippen molar-refractivity contribution in [1.29, 1.82) is 0 Å². The summed E-state index contributed by atoms with van der Waals surface area (Å²) in [7, 11) is 0. The number of hydrogen-bond acceptors (Lipinski definition) is 3. The van der Waals surface area contributed by atoms with Crippen molar-refractivity contribution in [1.82, 2.24) is 15.2 Å². The van der Waals surface area contributed by atoms with Crippen LogP contribution in [0.15, 0.2) is 24.5 Å². The molecule has 2 rings (SSSR count). The lowest BCUT2D eigenvalue weighted by molar-refractivity contribution is -0.135. The predicted molar refractivity (Wildman–Crippen MR) is 80.6 cm³/mol. The van der Waals surface area contributed by atoms with Gasteiger partial charge in [-0.3, -0.25) is 14.6 Å². The molecule has 0 radical (unpaired) electrons. The molecule has 1 fully saturated rings. The summed E-state index contributed by atoms with van der Waals surface area (Å²) in [6, 6.07) is 3.48. The average molecular weight is 289 g/mol. The summed E-state index contributed by atoms with van der Waals surface area (Å²) >= 11 is 0. The maximum absolute atomic E-state index is 12.1. The zero-order chi connectivity index (χ0) is 15.1. The lowest BCUT2D eigenvalue weighted by Gasteiger charge is -2.21. The summed E-state index contributed by atoms with van der Waals surface area (Å²) in [4.78, 5) is 29.8. The van der Waals surface area contributed by atoms with E-state index in [1.165, 1.54) is 0 Å². The first kappa shape index (κ1) is 15.5. The second-order valence-corrected chi connectivity index (χ2v) is 5.54. The predicted octanol–water partition coefficient (Wildman–Crippen LogP) is 1.53.